The molecule has 0 saturated carbocycles. The first-order valence-corrected chi connectivity index (χ1v) is 7.32. The highest BCUT2D eigenvalue weighted by molar-refractivity contribution is 8.00. The normalized spacial score (nSPS) is 25.1. The van der Waals surface area contributed by atoms with E-state index < -0.39 is 0 Å². The van der Waals surface area contributed by atoms with Crippen LogP contribution in [0.5, 0.6) is 0 Å². The van der Waals surface area contributed by atoms with Crippen molar-refractivity contribution in [1.29, 1.82) is 0 Å². The lowest BCUT2D eigenvalue weighted by atomic mass is 10.2. The fraction of sp³-hybridized carbons (Fsp3) is 0.667. The van der Waals surface area contributed by atoms with E-state index in [1.54, 1.807) is 0 Å². The predicted octanol–water partition coefficient (Wildman–Crippen LogP) is 3.08. The van der Waals surface area contributed by atoms with Gasteiger partial charge in [0.25, 0.3) is 0 Å². The van der Waals surface area contributed by atoms with Gasteiger partial charge in [-0.15, -0.1) is 0 Å². The van der Waals surface area contributed by atoms with Crippen molar-refractivity contribution in [1.82, 2.24) is 9.97 Å². The lowest BCUT2D eigenvalue weighted by Gasteiger charge is -2.39. The van der Waals surface area contributed by atoms with Gasteiger partial charge >= 0.3 is 0 Å². The molecule has 17 heavy (non-hydrogen) atoms. The Labute approximate surface area is 112 Å². The van der Waals surface area contributed by atoms with Crippen LogP contribution in [-0.2, 0) is 0 Å². The van der Waals surface area contributed by atoms with Crippen LogP contribution in [0, 0.1) is 13.8 Å². The first-order chi connectivity index (χ1) is 8.00. The van der Waals surface area contributed by atoms with E-state index in [0.29, 0.717) is 16.4 Å². The zero-order valence-corrected chi connectivity index (χ0v) is 12.3. The number of aromatic nitrogens is 2. The van der Waals surface area contributed by atoms with Gasteiger partial charge < -0.3 is 4.90 Å². The second-order valence-electron chi connectivity index (χ2n) is 4.52. The third-order valence-corrected chi connectivity index (χ3v) is 5.03. The van der Waals surface area contributed by atoms with E-state index in [-0.39, 0.29) is 0 Å². The van der Waals surface area contributed by atoms with Gasteiger partial charge in [-0.25, -0.2) is 9.97 Å². The van der Waals surface area contributed by atoms with E-state index in [2.05, 4.69) is 28.7 Å². The zero-order chi connectivity index (χ0) is 12.6. The molecule has 0 aromatic carbocycles. The summed E-state index contributed by atoms with van der Waals surface area (Å²) >= 11 is 8.16. The molecule has 0 spiro atoms. The number of hydrogen-bond acceptors (Lipinski definition) is 4. The Hall–Kier alpha value is -0.480. The molecule has 1 aliphatic rings. The number of rotatable bonds is 1. The number of aryl methyl sites for hydroxylation is 1. The minimum atomic E-state index is 0.484. The standard InChI is InChI=1S/C12H18ClN3S/c1-7-11(13)14-10(4)15-12(7)16-5-6-17-9(3)8(16)2/h8-9H,5-6H2,1-4H3. The Balaban J connectivity index is 2.39. The van der Waals surface area contributed by atoms with E-state index >= 15 is 0 Å². The van der Waals surface area contributed by atoms with Gasteiger partial charge in [-0.2, -0.15) is 11.8 Å². The molecule has 0 radical (unpaired) electrons. The highest BCUT2D eigenvalue weighted by Gasteiger charge is 2.28. The zero-order valence-electron chi connectivity index (χ0n) is 10.7. The van der Waals surface area contributed by atoms with Crippen LogP contribution in [0.3, 0.4) is 0 Å². The Morgan fingerprint density at radius 2 is 2.00 bits per heavy atom. The van der Waals surface area contributed by atoms with Crippen molar-refractivity contribution in [3.63, 3.8) is 0 Å². The monoisotopic (exact) mass is 271 g/mol. The molecule has 0 N–H and O–H groups in total. The molecule has 3 nitrogen and oxygen atoms in total. The van der Waals surface area contributed by atoms with Gasteiger partial charge in [0.05, 0.1) is 0 Å². The Morgan fingerprint density at radius 3 is 2.71 bits per heavy atom. The highest BCUT2D eigenvalue weighted by Crippen LogP contribution is 2.31. The number of anilines is 1. The van der Waals surface area contributed by atoms with Gasteiger partial charge in [0.1, 0.15) is 16.8 Å². The van der Waals surface area contributed by atoms with E-state index in [9.17, 15) is 0 Å². The molecule has 94 valence electrons. The maximum atomic E-state index is 6.14. The number of nitrogens with zero attached hydrogens (tertiary/aromatic N) is 3. The van der Waals surface area contributed by atoms with E-state index in [1.807, 2.05) is 25.6 Å². The molecule has 2 heterocycles. The van der Waals surface area contributed by atoms with Crippen molar-refractivity contribution < 1.29 is 0 Å². The largest absolute Gasteiger partial charge is 0.352 e. The van der Waals surface area contributed by atoms with Gasteiger partial charge in [0.2, 0.25) is 0 Å². The summed E-state index contributed by atoms with van der Waals surface area (Å²) in [5.74, 6) is 2.89. The van der Waals surface area contributed by atoms with Crippen LogP contribution in [0.1, 0.15) is 25.2 Å². The van der Waals surface area contributed by atoms with E-state index in [0.717, 1.165) is 29.5 Å². The average Bonchev–Trinajstić information content (AvgIpc) is 2.27. The predicted molar refractivity (Wildman–Crippen MR) is 75.2 cm³/mol. The summed E-state index contributed by atoms with van der Waals surface area (Å²) in [6, 6.07) is 0.484. The lowest BCUT2D eigenvalue weighted by Crippen LogP contribution is -2.45. The maximum Gasteiger partial charge on any atom is 0.137 e. The van der Waals surface area contributed by atoms with Crippen LogP contribution in [0.25, 0.3) is 0 Å². The van der Waals surface area contributed by atoms with Crippen molar-refractivity contribution >= 4 is 29.2 Å². The smallest absolute Gasteiger partial charge is 0.137 e. The van der Waals surface area contributed by atoms with Crippen LogP contribution in [0.4, 0.5) is 5.82 Å². The van der Waals surface area contributed by atoms with Crippen molar-refractivity contribution in [2.24, 2.45) is 0 Å². The SMILES string of the molecule is Cc1nc(Cl)c(C)c(N2CCSC(C)C2C)n1. The molecule has 2 atom stereocenters. The molecule has 0 amide bonds. The highest BCUT2D eigenvalue weighted by atomic mass is 35.5. The van der Waals surface area contributed by atoms with Gasteiger partial charge in [-0.3, -0.25) is 0 Å². The molecule has 5 heteroatoms. The van der Waals surface area contributed by atoms with Crippen molar-refractivity contribution in [2.45, 2.75) is 39.0 Å². The Kier molecular flexibility index (Phi) is 3.83. The van der Waals surface area contributed by atoms with Crippen LogP contribution in [0.2, 0.25) is 5.15 Å². The summed E-state index contributed by atoms with van der Waals surface area (Å²) in [6.45, 7) is 9.44. The molecule has 0 bridgehead atoms. The second kappa shape index (κ2) is 5.02. The maximum absolute atomic E-state index is 6.14. The van der Waals surface area contributed by atoms with Gasteiger partial charge in [-0.05, 0) is 20.8 Å². The lowest BCUT2D eigenvalue weighted by molar-refractivity contribution is 0.617. The van der Waals surface area contributed by atoms with Crippen LogP contribution in [-0.4, -0.2) is 33.6 Å². The summed E-state index contributed by atoms with van der Waals surface area (Å²) in [4.78, 5) is 11.1. The second-order valence-corrected chi connectivity index (χ2v) is 6.36. The molecule has 1 aliphatic heterocycles. The van der Waals surface area contributed by atoms with Crippen molar-refractivity contribution in [3.05, 3.63) is 16.5 Å². The summed E-state index contributed by atoms with van der Waals surface area (Å²) in [5.41, 5.74) is 0.989. The average molecular weight is 272 g/mol. The Morgan fingerprint density at radius 1 is 1.29 bits per heavy atom. The van der Waals surface area contributed by atoms with Gasteiger partial charge in [0, 0.05) is 29.2 Å². The third kappa shape index (κ3) is 2.52. The van der Waals surface area contributed by atoms with Crippen LogP contribution < -0.4 is 4.90 Å². The van der Waals surface area contributed by atoms with Crippen LogP contribution >= 0.6 is 23.4 Å². The quantitative estimate of drug-likeness (QED) is 0.734. The molecular formula is C12H18ClN3S. The fourth-order valence-electron chi connectivity index (χ4n) is 2.09. The molecule has 2 rings (SSSR count). The molecule has 2 unspecified atom stereocenters. The molecular weight excluding hydrogens is 254 g/mol. The van der Waals surface area contributed by atoms with Gasteiger partial charge in [0.15, 0.2) is 0 Å². The third-order valence-electron chi connectivity index (χ3n) is 3.33. The fourth-order valence-corrected chi connectivity index (χ4v) is 3.40. The van der Waals surface area contributed by atoms with Gasteiger partial charge in [-0.1, -0.05) is 18.5 Å². The van der Waals surface area contributed by atoms with Crippen LogP contribution in [0.15, 0.2) is 0 Å². The summed E-state index contributed by atoms with van der Waals surface area (Å²) < 4.78 is 0. The molecule has 1 fully saturated rings. The number of thioether (sulfide) groups is 1. The minimum Gasteiger partial charge on any atom is -0.352 e. The summed E-state index contributed by atoms with van der Waals surface area (Å²) in [6.07, 6.45) is 0. The van der Waals surface area contributed by atoms with E-state index in [4.69, 9.17) is 11.6 Å². The molecule has 1 saturated heterocycles. The first kappa shape index (κ1) is 13.0. The minimum absolute atomic E-state index is 0.484. The molecule has 1 aromatic heterocycles. The topological polar surface area (TPSA) is 29.0 Å². The summed E-state index contributed by atoms with van der Waals surface area (Å²) in [5, 5.41) is 1.20. The van der Waals surface area contributed by atoms with Crippen molar-refractivity contribution in [3.8, 4) is 0 Å². The Bertz CT molecular complexity index is 424. The summed E-state index contributed by atoms with van der Waals surface area (Å²) in [7, 11) is 0. The first-order valence-electron chi connectivity index (χ1n) is 5.89. The number of hydrogen-bond donors (Lipinski definition) is 0. The van der Waals surface area contributed by atoms with Crippen molar-refractivity contribution in [2.75, 3.05) is 17.2 Å². The molecule has 0 aliphatic carbocycles. The number of halogens is 1. The van der Waals surface area contributed by atoms with E-state index in [1.165, 1.54) is 0 Å². The molecule has 1 aromatic rings.